The molecule has 0 aliphatic carbocycles. The molecule has 0 saturated heterocycles. The second-order valence-electron chi connectivity index (χ2n) is 4.88. The molecule has 2 aromatic rings. The Kier molecular flexibility index (Phi) is 1.89. The van der Waals surface area contributed by atoms with Crippen LogP contribution in [-0.4, -0.2) is 22.0 Å². The summed E-state index contributed by atoms with van der Waals surface area (Å²) < 4.78 is 2.02. The summed E-state index contributed by atoms with van der Waals surface area (Å²) in [5.41, 5.74) is 4.92. The first-order valence-electron chi connectivity index (χ1n) is 6.27. The molecule has 3 heterocycles. The van der Waals surface area contributed by atoms with E-state index in [1.54, 1.807) is 6.20 Å². The summed E-state index contributed by atoms with van der Waals surface area (Å²) in [6.07, 6.45) is 8.02. The molecule has 0 spiro atoms. The SMILES string of the molecule is O=C1CCc2cc(-n3ccnc3)cc3c2N1CC3. The monoisotopic (exact) mass is 239 g/mol. The number of anilines is 1. The van der Waals surface area contributed by atoms with E-state index in [-0.39, 0.29) is 5.91 Å². The van der Waals surface area contributed by atoms with Gasteiger partial charge in [-0.25, -0.2) is 4.98 Å². The molecule has 2 aliphatic rings. The van der Waals surface area contributed by atoms with Crippen LogP contribution in [0.25, 0.3) is 5.69 Å². The molecule has 0 radical (unpaired) electrons. The van der Waals surface area contributed by atoms with Gasteiger partial charge in [-0.1, -0.05) is 0 Å². The highest BCUT2D eigenvalue weighted by Gasteiger charge is 2.31. The molecule has 0 saturated carbocycles. The minimum atomic E-state index is 0.275. The van der Waals surface area contributed by atoms with Crippen LogP contribution in [-0.2, 0) is 17.6 Å². The van der Waals surface area contributed by atoms with Crippen molar-refractivity contribution in [2.45, 2.75) is 19.3 Å². The molecule has 4 nitrogen and oxygen atoms in total. The summed E-state index contributed by atoms with van der Waals surface area (Å²) in [5, 5.41) is 0. The van der Waals surface area contributed by atoms with Gasteiger partial charge in [0.15, 0.2) is 0 Å². The number of rotatable bonds is 1. The van der Waals surface area contributed by atoms with E-state index in [9.17, 15) is 4.79 Å². The molecule has 1 amide bonds. The molecule has 0 unspecified atom stereocenters. The van der Waals surface area contributed by atoms with E-state index in [2.05, 4.69) is 17.1 Å². The zero-order valence-electron chi connectivity index (χ0n) is 9.97. The smallest absolute Gasteiger partial charge is 0.227 e. The van der Waals surface area contributed by atoms with Crippen LogP contribution in [0.3, 0.4) is 0 Å². The van der Waals surface area contributed by atoms with Crippen molar-refractivity contribution in [1.82, 2.24) is 9.55 Å². The van der Waals surface area contributed by atoms with Gasteiger partial charge in [0.2, 0.25) is 5.91 Å². The third-order valence-corrected chi connectivity index (χ3v) is 3.84. The number of nitrogens with zero attached hydrogens (tertiary/aromatic N) is 3. The zero-order chi connectivity index (χ0) is 12.1. The van der Waals surface area contributed by atoms with E-state index < -0.39 is 0 Å². The summed E-state index contributed by atoms with van der Waals surface area (Å²) >= 11 is 0. The molecule has 1 aromatic heterocycles. The third-order valence-electron chi connectivity index (χ3n) is 3.84. The van der Waals surface area contributed by atoms with Gasteiger partial charge < -0.3 is 9.47 Å². The summed E-state index contributed by atoms with van der Waals surface area (Å²) in [6, 6.07) is 4.37. The first-order chi connectivity index (χ1) is 8.83. The summed E-state index contributed by atoms with van der Waals surface area (Å²) in [5.74, 6) is 0.275. The van der Waals surface area contributed by atoms with Crippen molar-refractivity contribution >= 4 is 11.6 Å². The quantitative estimate of drug-likeness (QED) is 0.759. The number of aryl methyl sites for hydroxylation is 1. The van der Waals surface area contributed by atoms with Gasteiger partial charge >= 0.3 is 0 Å². The molecule has 2 aliphatic heterocycles. The fraction of sp³-hybridized carbons (Fsp3) is 0.286. The van der Waals surface area contributed by atoms with Gasteiger partial charge in [-0.2, -0.15) is 0 Å². The molecule has 0 fully saturated rings. The van der Waals surface area contributed by atoms with E-state index in [1.165, 1.54) is 16.8 Å². The highest BCUT2D eigenvalue weighted by molar-refractivity contribution is 5.98. The lowest BCUT2D eigenvalue weighted by molar-refractivity contribution is -0.118. The predicted molar refractivity (Wildman–Crippen MR) is 67.9 cm³/mol. The van der Waals surface area contributed by atoms with E-state index in [1.807, 2.05) is 22.0 Å². The lowest BCUT2D eigenvalue weighted by atomic mass is 9.98. The average molecular weight is 239 g/mol. The molecular weight excluding hydrogens is 226 g/mol. The highest BCUT2D eigenvalue weighted by Crippen LogP contribution is 2.38. The van der Waals surface area contributed by atoms with Crippen LogP contribution in [0.15, 0.2) is 30.9 Å². The van der Waals surface area contributed by atoms with Gasteiger partial charge in [-0.05, 0) is 36.1 Å². The maximum absolute atomic E-state index is 11.8. The highest BCUT2D eigenvalue weighted by atomic mass is 16.2. The normalized spacial score (nSPS) is 17.1. The van der Waals surface area contributed by atoms with Crippen molar-refractivity contribution < 1.29 is 4.79 Å². The minimum Gasteiger partial charge on any atom is -0.312 e. The Labute approximate surface area is 105 Å². The van der Waals surface area contributed by atoms with E-state index >= 15 is 0 Å². The number of aromatic nitrogens is 2. The first kappa shape index (κ1) is 9.88. The predicted octanol–water partition coefficient (Wildman–Crippen LogP) is 1.71. The van der Waals surface area contributed by atoms with Gasteiger partial charge in [0.1, 0.15) is 0 Å². The van der Waals surface area contributed by atoms with Gasteiger partial charge in [0.25, 0.3) is 0 Å². The zero-order valence-corrected chi connectivity index (χ0v) is 9.97. The van der Waals surface area contributed by atoms with E-state index in [4.69, 9.17) is 0 Å². The first-order valence-corrected chi connectivity index (χ1v) is 6.27. The third kappa shape index (κ3) is 1.26. The Morgan fingerprint density at radius 3 is 2.72 bits per heavy atom. The van der Waals surface area contributed by atoms with Crippen molar-refractivity contribution in [2.75, 3.05) is 11.4 Å². The Bertz CT molecular complexity index is 631. The molecule has 0 atom stereocenters. The van der Waals surface area contributed by atoms with Crippen LogP contribution >= 0.6 is 0 Å². The van der Waals surface area contributed by atoms with E-state index in [0.717, 1.165) is 25.1 Å². The molecule has 0 N–H and O–H groups in total. The number of carbonyl (C=O) groups excluding carboxylic acids is 1. The standard InChI is InChI=1S/C14H13N3O/c18-13-2-1-10-7-12(16-6-4-15-9-16)8-11-3-5-17(13)14(10)11/h4,6-9H,1-3,5H2. The number of hydrogen-bond acceptors (Lipinski definition) is 2. The molecule has 18 heavy (non-hydrogen) atoms. The fourth-order valence-corrected chi connectivity index (χ4v) is 3.00. The lowest BCUT2D eigenvalue weighted by Crippen LogP contribution is -2.32. The van der Waals surface area contributed by atoms with E-state index in [0.29, 0.717) is 6.42 Å². The molecule has 1 aromatic carbocycles. The van der Waals surface area contributed by atoms with Crippen LogP contribution in [0.2, 0.25) is 0 Å². The Balaban J connectivity index is 1.91. The maximum Gasteiger partial charge on any atom is 0.227 e. The Morgan fingerprint density at radius 2 is 1.94 bits per heavy atom. The molecule has 0 bridgehead atoms. The summed E-state index contributed by atoms with van der Waals surface area (Å²) in [4.78, 5) is 17.9. The minimum absolute atomic E-state index is 0.275. The molecule has 4 heteroatoms. The van der Waals surface area contributed by atoms with Crippen LogP contribution in [0.4, 0.5) is 5.69 Å². The Hall–Kier alpha value is -2.10. The van der Waals surface area contributed by atoms with Crippen LogP contribution in [0, 0.1) is 0 Å². The number of benzene rings is 1. The summed E-state index contributed by atoms with van der Waals surface area (Å²) in [6.45, 7) is 0.842. The van der Waals surface area contributed by atoms with Gasteiger partial charge in [0, 0.05) is 31.0 Å². The number of amides is 1. The topological polar surface area (TPSA) is 38.1 Å². The van der Waals surface area contributed by atoms with Crippen LogP contribution in [0.5, 0.6) is 0 Å². The van der Waals surface area contributed by atoms with Gasteiger partial charge in [-0.15, -0.1) is 0 Å². The fourth-order valence-electron chi connectivity index (χ4n) is 3.00. The molecular formula is C14H13N3O. The second-order valence-corrected chi connectivity index (χ2v) is 4.88. The molecule has 4 rings (SSSR count). The van der Waals surface area contributed by atoms with Crippen LogP contribution in [0.1, 0.15) is 17.5 Å². The van der Waals surface area contributed by atoms with Crippen molar-refractivity contribution in [3.8, 4) is 5.69 Å². The number of carbonyl (C=O) groups is 1. The Morgan fingerprint density at radius 1 is 1.11 bits per heavy atom. The van der Waals surface area contributed by atoms with Gasteiger partial charge in [0.05, 0.1) is 12.0 Å². The maximum atomic E-state index is 11.8. The largest absolute Gasteiger partial charge is 0.312 e. The molecule has 90 valence electrons. The average Bonchev–Trinajstić information content (AvgIpc) is 3.03. The van der Waals surface area contributed by atoms with Crippen molar-refractivity contribution in [1.29, 1.82) is 0 Å². The van der Waals surface area contributed by atoms with Gasteiger partial charge in [-0.3, -0.25) is 4.79 Å². The van der Waals surface area contributed by atoms with Crippen LogP contribution < -0.4 is 4.90 Å². The van der Waals surface area contributed by atoms with Crippen molar-refractivity contribution in [3.05, 3.63) is 42.0 Å². The number of imidazole rings is 1. The van der Waals surface area contributed by atoms with Crippen molar-refractivity contribution in [2.24, 2.45) is 0 Å². The second kappa shape index (κ2) is 3.45. The summed E-state index contributed by atoms with van der Waals surface area (Å²) in [7, 11) is 0. The lowest BCUT2D eigenvalue weighted by Gasteiger charge is -2.25. The number of hydrogen-bond donors (Lipinski definition) is 0. The van der Waals surface area contributed by atoms with Crippen molar-refractivity contribution in [3.63, 3.8) is 0 Å².